The van der Waals surface area contributed by atoms with E-state index < -0.39 is 17.4 Å². The zero-order chi connectivity index (χ0) is 18.7. The summed E-state index contributed by atoms with van der Waals surface area (Å²) in [4.78, 5) is 42.3. The van der Waals surface area contributed by atoms with Gasteiger partial charge in [-0.3, -0.25) is 14.4 Å². The topological polar surface area (TPSA) is 121 Å². The maximum atomic E-state index is 12.3. The lowest BCUT2D eigenvalue weighted by molar-refractivity contribution is -0.136. The number of nitrogens with zero attached hydrogens (tertiary/aromatic N) is 1. The number of fused-ring (bicyclic) bond motifs is 1. The molecule has 3 rings (SSSR count). The molecule has 1 aromatic carbocycles. The number of thiophene rings is 1. The number of hydrogen-bond donors (Lipinski definition) is 3. The Kier molecular flexibility index (Phi) is 4.99. The third kappa shape index (κ3) is 3.72. The van der Waals surface area contributed by atoms with Crippen molar-refractivity contribution in [2.45, 2.75) is 13.0 Å². The molecule has 134 valence electrons. The number of aromatic amines is 1. The second-order valence-corrected chi connectivity index (χ2v) is 6.32. The van der Waals surface area contributed by atoms with E-state index in [-0.39, 0.29) is 24.2 Å². The van der Waals surface area contributed by atoms with Crippen LogP contribution in [0, 0.1) is 0 Å². The first kappa shape index (κ1) is 17.6. The van der Waals surface area contributed by atoms with Crippen LogP contribution in [-0.2, 0) is 17.8 Å². The summed E-state index contributed by atoms with van der Waals surface area (Å²) in [6, 6.07) is 7.22. The van der Waals surface area contributed by atoms with Crippen molar-refractivity contribution in [3.63, 3.8) is 0 Å². The van der Waals surface area contributed by atoms with E-state index >= 15 is 0 Å². The zero-order valence-electron chi connectivity index (χ0n) is 13.7. The highest BCUT2D eigenvalue weighted by Gasteiger charge is 2.16. The lowest BCUT2D eigenvalue weighted by atomic mass is 10.2. The van der Waals surface area contributed by atoms with Crippen molar-refractivity contribution in [3.05, 3.63) is 57.0 Å². The first-order valence-electron chi connectivity index (χ1n) is 7.61. The number of benzene rings is 1. The number of amides is 1. The lowest BCUT2D eigenvalue weighted by Crippen LogP contribution is -2.27. The molecule has 1 amide bonds. The predicted molar refractivity (Wildman–Crippen MR) is 95.7 cm³/mol. The number of carbonyl (C=O) groups excluding carboxylic acids is 1. The number of H-pyrrole nitrogens is 1. The number of carbonyl (C=O) groups is 2. The fraction of sp³-hybridized carbons (Fsp3) is 0.176. The van der Waals surface area contributed by atoms with Gasteiger partial charge in [0, 0.05) is 6.54 Å². The molecule has 2 heterocycles. The van der Waals surface area contributed by atoms with Gasteiger partial charge in [-0.15, -0.1) is 11.3 Å². The van der Waals surface area contributed by atoms with E-state index in [0.717, 1.165) is 16.9 Å². The quantitative estimate of drug-likeness (QED) is 0.603. The van der Waals surface area contributed by atoms with E-state index in [0.29, 0.717) is 16.1 Å². The van der Waals surface area contributed by atoms with Crippen molar-refractivity contribution in [3.8, 4) is 5.75 Å². The molecule has 0 unspecified atom stereocenters. The highest BCUT2D eigenvalue weighted by molar-refractivity contribution is 7.16. The van der Waals surface area contributed by atoms with Gasteiger partial charge in [0.05, 0.1) is 18.9 Å². The number of aromatic nitrogens is 2. The second-order valence-electron chi connectivity index (χ2n) is 5.46. The zero-order valence-corrected chi connectivity index (χ0v) is 14.6. The molecule has 3 aromatic rings. The van der Waals surface area contributed by atoms with Crippen molar-refractivity contribution in [2.75, 3.05) is 7.11 Å². The Hall–Kier alpha value is -3.20. The van der Waals surface area contributed by atoms with Crippen LogP contribution in [0.5, 0.6) is 5.75 Å². The van der Waals surface area contributed by atoms with Gasteiger partial charge in [-0.2, -0.15) is 0 Å². The summed E-state index contributed by atoms with van der Waals surface area (Å²) in [6.45, 7) is 0.243. The SMILES string of the molecule is COc1cccc(CNC(=O)c2nc3scc(CC(=O)O)c3c(=O)[nH]2)c1. The fourth-order valence-corrected chi connectivity index (χ4v) is 3.40. The van der Waals surface area contributed by atoms with Crippen molar-refractivity contribution < 1.29 is 19.4 Å². The molecule has 0 aliphatic carbocycles. The standard InChI is InChI=1S/C17H15N3O5S/c1-25-11-4-2-3-9(5-11)7-18-16(24)14-19-15(23)13-10(6-12(21)22)8-26-17(13)20-14/h2-5,8H,6-7H2,1H3,(H,18,24)(H,21,22)(H,19,20,23). The molecule has 0 spiro atoms. The Morgan fingerprint density at radius 1 is 1.38 bits per heavy atom. The van der Waals surface area contributed by atoms with Gasteiger partial charge in [0.2, 0.25) is 5.82 Å². The van der Waals surface area contributed by atoms with Gasteiger partial charge in [0.25, 0.3) is 11.5 Å². The number of carboxylic acid groups (broad SMARTS) is 1. The van der Waals surface area contributed by atoms with E-state index in [2.05, 4.69) is 15.3 Å². The van der Waals surface area contributed by atoms with Crippen LogP contribution < -0.4 is 15.6 Å². The van der Waals surface area contributed by atoms with Crippen LogP contribution >= 0.6 is 11.3 Å². The largest absolute Gasteiger partial charge is 0.497 e. The van der Waals surface area contributed by atoms with Gasteiger partial charge >= 0.3 is 5.97 Å². The van der Waals surface area contributed by atoms with Gasteiger partial charge in [-0.25, -0.2) is 4.98 Å². The highest BCUT2D eigenvalue weighted by atomic mass is 32.1. The first-order chi connectivity index (χ1) is 12.5. The van der Waals surface area contributed by atoms with Gasteiger partial charge < -0.3 is 20.1 Å². The maximum Gasteiger partial charge on any atom is 0.307 e. The van der Waals surface area contributed by atoms with Crippen LogP contribution in [0.2, 0.25) is 0 Å². The molecule has 0 aliphatic heterocycles. The molecule has 0 atom stereocenters. The Balaban J connectivity index is 1.80. The average Bonchev–Trinajstić information content (AvgIpc) is 3.02. The molecule has 9 heteroatoms. The maximum absolute atomic E-state index is 12.3. The monoisotopic (exact) mass is 373 g/mol. The fourth-order valence-electron chi connectivity index (χ4n) is 2.46. The molecule has 0 bridgehead atoms. The third-order valence-corrected chi connectivity index (χ3v) is 4.59. The van der Waals surface area contributed by atoms with E-state index in [1.807, 2.05) is 12.1 Å². The number of rotatable bonds is 6. The number of nitrogens with one attached hydrogen (secondary N) is 2. The van der Waals surface area contributed by atoms with Gasteiger partial charge in [-0.05, 0) is 28.6 Å². The van der Waals surface area contributed by atoms with E-state index in [9.17, 15) is 14.4 Å². The summed E-state index contributed by atoms with van der Waals surface area (Å²) in [5.74, 6) is -1.01. The summed E-state index contributed by atoms with van der Waals surface area (Å²) >= 11 is 1.13. The Morgan fingerprint density at radius 3 is 2.92 bits per heavy atom. The molecule has 8 nitrogen and oxygen atoms in total. The molecule has 3 N–H and O–H groups in total. The van der Waals surface area contributed by atoms with Crippen LogP contribution in [0.15, 0.2) is 34.4 Å². The minimum Gasteiger partial charge on any atom is -0.497 e. The smallest absolute Gasteiger partial charge is 0.307 e. The number of aliphatic carboxylic acids is 1. The van der Waals surface area contributed by atoms with Crippen LogP contribution in [0.4, 0.5) is 0 Å². The minimum absolute atomic E-state index is 0.117. The normalized spacial score (nSPS) is 10.7. The summed E-state index contributed by atoms with van der Waals surface area (Å²) in [6.07, 6.45) is -0.272. The van der Waals surface area contributed by atoms with Gasteiger partial charge in [0.1, 0.15) is 10.6 Å². The molecule has 0 radical (unpaired) electrons. The average molecular weight is 373 g/mol. The Morgan fingerprint density at radius 2 is 2.19 bits per heavy atom. The van der Waals surface area contributed by atoms with E-state index in [1.165, 1.54) is 0 Å². The van der Waals surface area contributed by atoms with E-state index in [4.69, 9.17) is 9.84 Å². The lowest BCUT2D eigenvalue weighted by Gasteiger charge is -2.06. The van der Waals surface area contributed by atoms with Crippen molar-refractivity contribution in [2.24, 2.45) is 0 Å². The molecule has 2 aromatic heterocycles. The van der Waals surface area contributed by atoms with Crippen LogP contribution in [-0.4, -0.2) is 34.1 Å². The molecule has 0 aliphatic rings. The Labute approximate surface area is 151 Å². The summed E-state index contributed by atoms with van der Waals surface area (Å²) < 4.78 is 5.13. The number of ether oxygens (including phenoxy) is 1. The molecule has 0 saturated heterocycles. The number of hydrogen-bond acceptors (Lipinski definition) is 6. The van der Waals surface area contributed by atoms with Crippen LogP contribution in [0.1, 0.15) is 21.7 Å². The van der Waals surface area contributed by atoms with E-state index in [1.54, 1.807) is 24.6 Å². The summed E-state index contributed by atoms with van der Waals surface area (Å²) in [5.41, 5.74) is 0.689. The minimum atomic E-state index is -1.04. The Bertz CT molecular complexity index is 1040. The molecule has 26 heavy (non-hydrogen) atoms. The second kappa shape index (κ2) is 7.36. The number of methoxy groups -OCH3 is 1. The molecular formula is C17H15N3O5S. The molecule has 0 saturated carbocycles. The van der Waals surface area contributed by atoms with Gasteiger partial charge in [-0.1, -0.05) is 12.1 Å². The highest BCUT2D eigenvalue weighted by Crippen LogP contribution is 2.21. The van der Waals surface area contributed by atoms with Crippen LogP contribution in [0.3, 0.4) is 0 Å². The first-order valence-corrected chi connectivity index (χ1v) is 8.49. The van der Waals surface area contributed by atoms with Gasteiger partial charge in [0.15, 0.2) is 0 Å². The molecular weight excluding hydrogens is 358 g/mol. The molecule has 0 fully saturated rings. The van der Waals surface area contributed by atoms with Crippen molar-refractivity contribution in [1.29, 1.82) is 0 Å². The predicted octanol–water partition coefficient (Wildman–Crippen LogP) is 1.55. The van der Waals surface area contributed by atoms with Crippen molar-refractivity contribution in [1.82, 2.24) is 15.3 Å². The number of carboxylic acids is 1. The summed E-state index contributed by atoms with van der Waals surface area (Å²) in [5, 5.41) is 13.4. The third-order valence-electron chi connectivity index (χ3n) is 3.66. The van der Waals surface area contributed by atoms with Crippen molar-refractivity contribution >= 4 is 33.4 Å². The van der Waals surface area contributed by atoms with Crippen LogP contribution in [0.25, 0.3) is 10.2 Å². The summed E-state index contributed by atoms with van der Waals surface area (Å²) in [7, 11) is 1.56.